The summed E-state index contributed by atoms with van der Waals surface area (Å²) in [5, 5.41) is 0. The molecule has 0 saturated carbocycles. The lowest BCUT2D eigenvalue weighted by Gasteiger charge is -2.10. The van der Waals surface area contributed by atoms with Gasteiger partial charge in [0.1, 0.15) is 10.3 Å². The van der Waals surface area contributed by atoms with E-state index < -0.39 is 0 Å². The van der Waals surface area contributed by atoms with Crippen molar-refractivity contribution in [2.24, 2.45) is 0 Å². The molecule has 1 aromatic heterocycles. The molecule has 0 aliphatic heterocycles. The SMILES string of the molecule is CC(C)c1nc(Cc2ccccc2Br)[nH]c(=O)c1Br. The Kier molecular flexibility index (Phi) is 4.58. The van der Waals surface area contributed by atoms with Gasteiger partial charge in [-0.1, -0.05) is 48.0 Å². The van der Waals surface area contributed by atoms with Gasteiger partial charge in [-0.05, 0) is 33.5 Å². The summed E-state index contributed by atoms with van der Waals surface area (Å²) in [4.78, 5) is 19.2. The Morgan fingerprint density at radius 3 is 2.58 bits per heavy atom. The summed E-state index contributed by atoms with van der Waals surface area (Å²) in [6.45, 7) is 4.05. The minimum Gasteiger partial charge on any atom is -0.309 e. The minimum absolute atomic E-state index is 0.124. The van der Waals surface area contributed by atoms with Crippen molar-refractivity contribution in [3.8, 4) is 0 Å². The Morgan fingerprint density at radius 2 is 1.95 bits per heavy atom. The normalized spacial score (nSPS) is 11.0. The molecule has 0 saturated heterocycles. The summed E-state index contributed by atoms with van der Waals surface area (Å²) in [6.07, 6.45) is 0.601. The number of rotatable bonds is 3. The van der Waals surface area contributed by atoms with Crippen LogP contribution < -0.4 is 5.56 Å². The summed E-state index contributed by atoms with van der Waals surface area (Å²) in [6, 6.07) is 7.93. The topological polar surface area (TPSA) is 45.8 Å². The zero-order valence-electron chi connectivity index (χ0n) is 10.7. The van der Waals surface area contributed by atoms with Crippen LogP contribution in [0.15, 0.2) is 38.0 Å². The van der Waals surface area contributed by atoms with Crippen molar-refractivity contribution in [3.63, 3.8) is 0 Å². The molecular weight excluding hydrogens is 372 g/mol. The highest BCUT2D eigenvalue weighted by Gasteiger charge is 2.13. The van der Waals surface area contributed by atoms with E-state index >= 15 is 0 Å². The summed E-state index contributed by atoms with van der Waals surface area (Å²) >= 11 is 6.80. The van der Waals surface area contributed by atoms with Crippen molar-refractivity contribution in [2.75, 3.05) is 0 Å². The van der Waals surface area contributed by atoms with E-state index in [9.17, 15) is 4.79 Å². The fourth-order valence-corrected chi connectivity index (χ4v) is 2.88. The van der Waals surface area contributed by atoms with E-state index in [0.29, 0.717) is 16.7 Å². The Balaban J connectivity index is 2.42. The Hall–Kier alpha value is -0.940. The molecule has 0 unspecified atom stereocenters. The minimum atomic E-state index is -0.124. The van der Waals surface area contributed by atoms with E-state index in [0.717, 1.165) is 15.7 Å². The Labute approximate surface area is 128 Å². The van der Waals surface area contributed by atoms with Crippen molar-refractivity contribution in [2.45, 2.75) is 26.2 Å². The largest absolute Gasteiger partial charge is 0.309 e. The molecule has 0 spiro atoms. The fraction of sp³-hybridized carbons (Fsp3) is 0.286. The van der Waals surface area contributed by atoms with Crippen molar-refractivity contribution < 1.29 is 0 Å². The van der Waals surface area contributed by atoms with Gasteiger partial charge in [-0.2, -0.15) is 0 Å². The van der Waals surface area contributed by atoms with Crippen molar-refractivity contribution >= 4 is 31.9 Å². The third-order valence-corrected chi connectivity index (χ3v) is 4.34. The second-order valence-electron chi connectivity index (χ2n) is 4.63. The molecule has 1 heterocycles. The number of hydrogen-bond acceptors (Lipinski definition) is 2. The Morgan fingerprint density at radius 1 is 1.26 bits per heavy atom. The summed E-state index contributed by atoms with van der Waals surface area (Å²) in [7, 11) is 0. The molecule has 0 atom stereocenters. The number of halogens is 2. The molecule has 2 rings (SSSR count). The lowest BCUT2D eigenvalue weighted by molar-refractivity contribution is 0.775. The first-order valence-corrected chi connectivity index (χ1v) is 7.59. The van der Waals surface area contributed by atoms with Crippen molar-refractivity contribution in [1.29, 1.82) is 0 Å². The van der Waals surface area contributed by atoms with Gasteiger partial charge in [-0.15, -0.1) is 0 Å². The van der Waals surface area contributed by atoms with E-state index in [2.05, 4.69) is 41.8 Å². The number of nitrogens with one attached hydrogen (secondary N) is 1. The van der Waals surface area contributed by atoms with Gasteiger partial charge >= 0.3 is 0 Å². The van der Waals surface area contributed by atoms with Crippen LogP contribution in [0.5, 0.6) is 0 Å². The molecule has 0 bridgehead atoms. The number of H-pyrrole nitrogens is 1. The second kappa shape index (κ2) is 6.01. The number of benzene rings is 1. The molecule has 1 N–H and O–H groups in total. The lowest BCUT2D eigenvalue weighted by atomic mass is 10.1. The van der Waals surface area contributed by atoms with E-state index in [1.807, 2.05) is 38.1 Å². The van der Waals surface area contributed by atoms with Crippen LogP contribution in [0, 0.1) is 0 Å². The van der Waals surface area contributed by atoms with Crippen LogP contribution in [0.3, 0.4) is 0 Å². The van der Waals surface area contributed by atoms with Crippen LogP contribution in [0.4, 0.5) is 0 Å². The molecular formula is C14H14Br2N2O. The quantitative estimate of drug-likeness (QED) is 0.867. The van der Waals surface area contributed by atoms with Gasteiger partial charge in [0.2, 0.25) is 0 Å². The highest BCUT2D eigenvalue weighted by atomic mass is 79.9. The van der Waals surface area contributed by atoms with Crippen LogP contribution in [-0.2, 0) is 6.42 Å². The number of nitrogens with zero attached hydrogens (tertiary/aromatic N) is 1. The first-order chi connectivity index (χ1) is 8.99. The molecule has 0 radical (unpaired) electrons. The molecule has 1 aromatic carbocycles. The molecule has 0 aliphatic carbocycles. The van der Waals surface area contributed by atoms with E-state index in [4.69, 9.17) is 0 Å². The fourth-order valence-electron chi connectivity index (χ4n) is 1.81. The number of aromatic nitrogens is 2. The zero-order valence-corrected chi connectivity index (χ0v) is 13.9. The van der Waals surface area contributed by atoms with Crippen molar-refractivity contribution in [3.05, 3.63) is 60.6 Å². The highest BCUT2D eigenvalue weighted by Crippen LogP contribution is 2.21. The number of aromatic amines is 1. The van der Waals surface area contributed by atoms with Gasteiger partial charge in [0.15, 0.2) is 0 Å². The summed E-state index contributed by atoms with van der Waals surface area (Å²) < 4.78 is 1.55. The second-order valence-corrected chi connectivity index (χ2v) is 6.28. The standard InChI is InChI=1S/C14H14Br2N2O/c1-8(2)13-12(16)14(19)18-11(17-13)7-9-5-3-4-6-10(9)15/h3-6,8H,7H2,1-2H3,(H,17,18,19). The summed E-state index contributed by atoms with van der Waals surface area (Å²) in [5.41, 5.74) is 1.77. The van der Waals surface area contributed by atoms with Crippen molar-refractivity contribution in [1.82, 2.24) is 9.97 Å². The smallest absolute Gasteiger partial charge is 0.265 e. The maximum absolute atomic E-state index is 11.9. The zero-order chi connectivity index (χ0) is 14.0. The van der Waals surface area contributed by atoms with Crippen LogP contribution in [-0.4, -0.2) is 9.97 Å². The molecule has 19 heavy (non-hydrogen) atoms. The van der Waals surface area contributed by atoms with Crippen LogP contribution in [0.1, 0.15) is 36.8 Å². The Bertz CT molecular complexity index is 650. The third-order valence-electron chi connectivity index (χ3n) is 2.80. The molecule has 2 aromatic rings. The van der Waals surface area contributed by atoms with E-state index in [-0.39, 0.29) is 11.5 Å². The third kappa shape index (κ3) is 3.34. The van der Waals surface area contributed by atoms with Gasteiger partial charge in [0, 0.05) is 10.9 Å². The predicted molar refractivity (Wildman–Crippen MR) is 83.6 cm³/mol. The first-order valence-electron chi connectivity index (χ1n) is 6.01. The van der Waals surface area contributed by atoms with Crippen LogP contribution in [0.2, 0.25) is 0 Å². The maximum Gasteiger partial charge on any atom is 0.265 e. The van der Waals surface area contributed by atoms with E-state index in [1.54, 1.807) is 0 Å². The summed E-state index contributed by atoms with van der Waals surface area (Å²) in [5.74, 6) is 0.887. The molecule has 3 nitrogen and oxygen atoms in total. The van der Waals surface area contributed by atoms with Gasteiger partial charge < -0.3 is 4.98 Å². The first kappa shape index (κ1) is 14.5. The molecule has 0 fully saturated rings. The number of hydrogen-bond donors (Lipinski definition) is 1. The molecule has 100 valence electrons. The van der Waals surface area contributed by atoms with Gasteiger partial charge in [-0.25, -0.2) is 4.98 Å². The molecule has 5 heteroatoms. The van der Waals surface area contributed by atoms with Crippen LogP contribution in [0.25, 0.3) is 0 Å². The highest BCUT2D eigenvalue weighted by molar-refractivity contribution is 9.10. The van der Waals surface area contributed by atoms with Gasteiger partial charge in [0.25, 0.3) is 5.56 Å². The average molecular weight is 386 g/mol. The maximum atomic E-state index is 11.9. The van der Waals surface area contributed by atoms with Gasteiger partial charge in [-0.3, -0.25) is 4.79 Å². The molecule has 0 aliphatic rings. The lowest BCUT2D eigenvalue weighted by Crippen LogP contribution is -2.16. The predicted octanol–water partition coefficient (Wildman–Crippen LogP) is 4.01. The molecule has 0 amide bonds. The van der Waals surface area contributed by atoms with E-state index in [1.165, 1.54) is 0 Å². The monoisotopic (exact) mass is 384 g/mol. The van der Waals surface area contributed by atoms with Crippen LogP contribution >= 0.6 is 31.9 Å². The average Bonchev–Trinajstić information content (AvgIpc) is 2.36. The van der Waals surface area contributed by atoms with Gasteiger partial charge in [0.05, 0.1) is 5.69 Å².